The number of rotatable bonds is 4. The molecule has 1 aromatic rings. The van der Waals surface area contributed by atoms with Gasteiger partial charge >= 0.3 is 0 Å². The van der Waals surface area contributed by atoms with E-state index in [1.165, 1.54) is 0 Å². The summed E-state index contributed by atoms with van der Waals surface area (Å²) in [4.78, 5) is 18.4. The van der Waals surface area contributed by atoms with Gasteiger partial charge in [-0.1, -0.05) is 6.92 Å². The molecule has 1 aromatic heterocycles. The molecule has 1 aliphatic heterocycles. The van der Waals surface area contributed by atoms with Gasteiger partial charge in [-0.25, -0.2) is 0 Å². The van der Waals surface area contributed by atoms with Crippen molar-refractivity contribution in [2.24, 2.45) is 11.8 Å². The van der Waals surface area contributed by atoms with E-state index in [9.17, 15) is 4.79 Å². The van der Waals surface area contributed by atoms with Crippen molar-refractivity contribution in [1.82, 2.24) is 15.2 Å². The lowest BCUT2D eigenvalue weighted by atomic mass is 9.96. The van der Waals surface area contributed by atoms with Crippen molar-refractivity contribution in [3.05, 3.63) is 30.1 Å². The van der Waals surface area contributed by atoms with E-state index in [1.807, 2.05) is 24.0 Å². The first kappa shape index (κ1) is 13.0. The topological polar surface area (TPSA) is 45.2 Å². The molecule has 1 amide bonds. The number of aromatic nitrogens is 1. The molecule has 2 rings (SSSR count). The summed E-state index contributed by atoms with van der Waals surface area (Å²) >= 11 is 0. The SMILES string of the molecule is CCN(Cc1ccncc1)C(=O)[C@@H]1CNC[C@H]1C. The number of amides is 1. The van der Waals surface area contributed by atoms with Crippen molar-refractivity contribution in [3.8, 4) is 0 Å². The Morgan fingerprint density at radius 2 is 2.17 bits per heavy atom. The van der Waals surface area contributed by atoms with Crippen LogP contribution < -0.4 is 5.32 Å². The average Bonchev–Trinajstić information content (AvgIpc) is 2.82. The number of nitrogens with one attached hydrogen (secondary N) is 1. The third-order valence-electron chi connectivity index (χ3n) is 3.65. The Morgan fingerprint density at radius 3 is 2.72 bits per heavy atom. The van der Waals surface area contributed by atoms with E-state index in [4.69, 9.17) is 0 Å². The van der Waals surface area contributed by atoms with E-state index in [0.29, 0.717) is 12.5 Å². The normalized spacial score (nSPS) is 23.0. The lowest BCUT2D eigenvalue weighted by Crippen LogP contribution is -2.38. The smallest absolute Gasteiger partial charge is 0.227 e. The Balaban J connectivity index is 2.02. The van der Waals surface area contributed by atoms with Crippen LogP contribution in [0.5, 0.6) is 0 Å². The fourth-order valence-corrected chi connectivity index (χ4v) is 2.43. The Kier molecular flexibility index (Phi) is 4.31. The first-order valence-corrected chi connectivity index (χ1v) is 6.60. The van der Waals surface area contributed by atoms with Crippen LogP contribution in [-0.2, 0) is 11.3 Å². The summed E-state index contributed by atoms with van der Waals surface area (Å²) in [7, 11) is 0. The molecule has 0 bridgehead atoms. The number of nitrogens with zero attached hydrogens (tertiary/aromatic N) is 2. The maximum atomic E-state index is 12.5. The molecular weight excluding hydrogens is 226 g/mol. The van der Waals surface area contributed by atoms with Crippen LogP contribution in [0.15, 0.2) is 24.5 Å². The summed E-state index contributed by atoms with van der Waals surface area (Å²) in [5.41, 5.74) is 1.14. The van der Waals surface area contributed by atoms with Crippen molar-refractivity contribution in [2.45, 2.75) is 20.4 Å². The molecule has 4 heteroatoms. The third-order valence-corrected chi connectivity index (χ3v) is 3.65. The second kappa shape index (κ2) is 5.96. The third kappa shape index (κ3) is 2.88. The molecule has 0 saturated carbocycles. The fourth-order valence-electron chi connectivity index (χ4n) is 2.43. The van der Waals surface area contributed by atoms with Gasteiger partial charge in [0.15, 0.2) is 0 Å². The highest BCUT2D eigenvalue weighted by Crippen LogP contribution is 2.19. The zero-order chi connectivity index (χ0) is 13.0. The molecule has 1 fully saturated rings. The molecule has 0 spiro atoms. The van der Waals surface area contributed by atoms with Crippen molar-refractivity contribution < 1.29 is 4.79 Å². The van der Waals surface area contributed by atoms with E-state index in [0.717, 1.165) is 25.2 Å². The van der Waals surface area contributed by atoms with E-state index in [2.05, 4.69) is 17.2 Å². The molecule has 0 aromatic carbocycles. The van der Waals surface area contributed by atoms with E-state index in [1.54, 1.807) is 12.4 Å². The van der Waals surface area contributed by atoms with Gasteiger partial charge in [0.2, 0.25) is 5.91 Å². The predicted octanol–water partition coefficient (Wildman–Crippen LogP) is 1.29. The second-order valence-electron chi connectivity index (χ2n) is 4.95. The highest BCUT2D eigenvalue weighted by atomic mass is 16.2. The molecule has 4 nitrogen and oxygen atoms in total. The molecule has 1 aliphatic rings. The summed E-state index contributed by atoms with van der Waals surface area (Å²) in [5.74, 6) is 0.836. The number of hydrogen-bond acceptors (Lipinski definition) is 3. The van der Waals surface area contributed by atoms with Gasteiger partial charge in [0, 0.05) is 32.0 Å². The maximum absolute atomic E-state index is 12.5. The standard InChI is InChI=1S/C14H21N3O/c1-3-17(10-12-4-6-15-7-5-12)14(18)13-9-16-8-11(13)2/h4-7,11,13,16H,3,8-10H2,1-2H3/t11-,13-/m1/s1. The highest BCUT2D eigenvalue weighted by Gasteiger charge is 2.32. The largest absolute Gasteiger partial charge is 0.338 e. The van der Waals surface area contributed by atoms with Gasteiger partial charge in [-0.3, -0.25) is 9.78 Å². The quantitative estimate of drug-likeness (QED) is 0.872. The minimum absolute atomic E-state index is 0.131. The number of carbonyl (C=O) groups is 1. The number of pyridine rings is 1. The number of carbonyl (C=O) groups excluding carboxylic acids is 1. The lowest BCUT2D eigenvalue weighted by molar-refractivity contribution is -0.136. The van der Waals surface area contributed by atoms with Crippen molar-refractivity contribution in [1.29, 1.82) is 0 Å². The monoisotopic (exact) mass is 247 g/mol. The molecule has 0 radical (unpaired) electrons. The molecule has 1 N–H and O–H groups in total. The maximum Gasteiger partial charge on any atom is 0.227 e. The molecule has 2 heterocycles. The zero-order valence-corrected chi connectivity index (χ0v) is 11.1. The fraction of sp³-hybridized carbons (Fsp3) is 0.571. The predicted molar refractivity (Wildman–Crippen MR) is 70.9 cm³/mol. The van der Waals surface area contributed by atoms with E-state index >= 15 is 0 Å². The Morgan fingerprint density at radius 1 is 1.44 bits per heavy atom. The van der Waals surface area contributed by atoms with Crippen LogP contribution in [0.2, 0.25) is 0 Å². The minimum atomic E-state index is 0.131. The molecule has 1 saturated heterocycles. The Hall–Kier alpha value is -1.42. The summed E-state index contributed by atoms with van der Waals surface area (Å²) in [6.07, 6.45) is 3.54. The van der Waals surface area contributed by atoms with Gasteiger partial charge < -0.3 is 10.2 Å². The molecular formula is C14H21N3O. The van der Waals surface area contributed by atoms with E-state index < -0.39 is 0 Å². The van der Waals surface area contributed by atoms with Crippen LogP contribution in [0.1, 0.15) is 19.4 Å². The van der Waals surface area contributed by atoms with Gasteiger partial charge in [-0.2, -0.15) is 0 Å². The van der Waals surface area contributed by atoms with Gasteiger partial charge in [0.05, 0.1) is 5.92 Å². The van der Waals surface area contributed by atoms with Crippen LogP contribution in [-0.4, -0.2) is 35.4 Å². The van der Waals surface area contributed by atoms with Crippen LogP contribution in [0, 0.1) is 11.8 Å². The average molecular weight is 247 g/mol. The first-order chi connectivity index (χ1) is 8.72. The van der Waals surface area contributed by atoms with Gasteiger partial charge in [0.1, 0.15) is 0 Å². The molecule has 18 heavy (non-hydrogen) atoms. The van der Waals surface area contributed by atoms with Crippen molar-refractivity contribution >= 4 is 5.91 Å². The zero-order valence-electron chi connectivity index (χ0n) is 11.1. The first-order valence-electron chi connectivity index (χ1n) is 6.60. The second-order valence-corrected chi connectivity index (χ2v) is 4.95. The van der Waals surface area contributed by atoms with Crippen LogP contribution >= 0.6 is 0 Å². The summed E-state index contributed by atoms with van der Waals surface area (Å²) in [5, 5.41) is 3.29. The molecule has 2 atom stereocenters. The van der Waals surface area contributed by atoms with Gasteiger partial charge in [-0.05, 0) is 37.1 Å². The highest BCUT2D eigenvalue weighted by molar-refractivity contribution is 5.79. The Bertz CT molecular complexity index is 393. The summed E-state index contributed by atoms with van der Waals surface area (Å²) in [6, 6.07) is 3.93. The molecule has 0 unspecified atom stereocenters. The van der Waals surface area contributed by atoms with Crippen LogP contribution in [0.4, 0.5) is 0 Å². The van der Waals surface area contributed by atoms with Crippen molar-refractivity contribution in [2.75, 3.05) is 19.6 Å². The lowest BCUT2D eigenvalue weighted by Gasteiger charge is -2.25. The van der Waals surface area contributed by atoms with Crippen LogP contribution in [0.25, 0.3) is 0 Å². The minimum Gasteiger partial charge on any atom is -0.338 e. The van der Waals surface area contributed by atoms with Gasteiger partial charge in [-0.15, -0.1) is 0 Å². The van der Waals surface area contributed by atoms with Crippen molar-refractivity contribution in [3.63, 3.8) is 0 Å². The molecule has 98 valence electrons. The summed E-state index contributed by atoms with van der Waals surface area (Å²) in [6.45, 7) is 7.37. The summed E-state index contributed by atoms with van der Waals surface area (Å²) < 4.78 is 0. The van der Waals surface area contributed by atoms with E-state index in [-0.39, 0.29) is 11.8 Å². The Labute approximate surface area is 108 Å². The number of hydrogen-bond donors (Lipinski definition) is 1. The van der Waals surface area contributed by atoms with Gasteiger partial charge in [0.25, 0.3) is 0 Å². The molecule has 0 aliphatic carbocycles. The van der Waals surface area contributed by atoms with Crippen LogP contribution in [0.3, 0.4) is 0 Å².